The molecule has 5 heteroatoms. The van der Waals surface area contributed by atoms with Gasteiger partial charge in [0.25, 0.3) is 0 Å². The van der Waals surface area contributed by atoms with Gasteiger partial charge in [-0.3, -0.25) is 4.68 Å². The number of aliphatic hydroxyl groups is 1. The SMILES string of the molecule is Cn1cc(SCc2cc(C#CCO)cs2)cn1. The van der Waals surface area contributed by atoms with Crippen LogP contribution in [0.1, 0.15) is 10.4 Å². The summed E-state index contributed by atoms with van der Waals surface area (Å²) in [5.41, 5.74) is 0.978. The number of thioether (sulfide) groups is 1. The van der Waals surface area contributed by atoms with E-state index in [4.69, 9.17) is 5.11 Å². The van der Waals surface area contributed by atoms with Crippen LogP contribution in [0.3, 0.4) is 0 Å². The van der Waals surface area contributed by atoms with Gasteiger partial charge in [0, 0.05) is 39.7 Å². The summed E-state index contributed by atoms with van der Waals surface area (Å²) in [6, 6.07) is 2.07. The van der Waals surface area contributed by atoms with E-state index < -0.39 is 0 Å². The van der Waals surface area contributed by atoms with Crippen molar-refractivity contribution in [3.8, 4) is 11.8 Å². The Labute approximate surface area is 108 Å². The molecule has 0 aliphatic rings. The van der Waals surface area contributed by atoms with E-state index in [0.29, 0.717) is 0 Å². The number of hydrogen-bond donors (Lipinski definition) is 1. The van der Waals surface area contributed by atoms with E-state index in [1.54, 1.807) is 27.8 Å². The van der Waals surface area contributed by atoms with Gasteiger partial charge in [0.05, 0.1) is 6.20 Å². The van der Waals surface area contributed by atoms with Crippen LogP contribution in [0.5, 0.6) is 0 Å². The second-order valence-corrected chi connectivity index (χ2v) is 5.44. The van der Waals surface area contributed by atoms with Crippen LogP contribution >= 0.6 is 23.1 Å². The normalized spacial score (nSPS) is 10.0. The molecule has 88 valence electrons. The molecule has 0 aromatic carbocycles. The molecule has 2 rings (SSSR count). The van der Waals surface area contributed by atoms with Gasteiger partial charge in [-0.25, -0.2) is 0 Å². The molecule has 2 aromatic heterocycles. The standard InChI is InChI=1S/C12H12N2OS2/c1-14-7-12(6-13-14)17-9-11-5-10(8-16-11)3-2-4-15/h5-8,15H,4,9H2,1H3. The maximum atomic E-state index is 8.61. The van der Waals surface area contributed by atoms with E-state index in [9.17, 15) is 0 Å². The molecule has 3 nitrogen and oxygen atoms in total. The molecule has 0 unspecified atom stereocenters. The zero-order valence-electron chi connectivity index (χ0n) is 9.38. The third kappa shape index (κ3) is 3.63. The van der Waals surface area contributed by atoms with E-state index in [0.717, 1.165) is 11.3 Å². The summed E-state index contributed by atoms with van der Waals surface area (Å²) >= 11 is 3.45. The first-order chi connectivity index (χ1) is 8.28. The van der Waals surface area contributed by atoms with E-state index in [1.165, 1.54) is 9.77 Å². The van der Waals surface area contributed by atoms with Gasteiger partial charge in [0.15, 0.2) is 0 Å². The zero-order valence-corrected chi connectivity index (χ0v) is 11.0. The minimum Gasteiger partial charge on any atom is -0.384 e. The highest BCUT2D eigenvalue weighted by atomic mass is 32.2. The van der Waals surface area contributed by atoms with Crippen LogP contribution < -0.4 is 0 Å². The van der Waals surface area contributed by atoms with Crippen molar-refractivity contribution in [1.29, 1.82) is 0 Å². The van der Waals surface area contributed by atoms with Crippen molar-refractivity contribution in [3.05, 3.63) is 34.3 Å². The average Bonchev–Trinajstić information content (AvgIpc) is 2.93. The molecule has 1 N–H and O–H groups in total. The molecular weight excluding hydrogens is 252 g/mol. The number of nitrogens with zero attached hydrogens (tertiary/aromatic N) is 2. The van der Waals surface area contributed by atoms with Crippen molar-refractivity contribution in [2.24, 2.45) is 7.05 Å². The van der Waals surface area contributed by atoms with Gasteiger partial charge in [0.1, 0.15) is 6.61 Å². The highest BCUT2D eigenvalue weighted by Crippen LogP contribution is 2.25. The predicted molar refractivity (Wildman–Crippen MR) is 71.1 cm³/mol. The van der Waals surface area contributed by atoms with Gasteiger partial charge in [-0.15, -0.1) is 23.1 Å². The fourth-order valence-corrected chi connectivity index (χ4v) is 3.08. The van der Waals surface area contributed by atoms with Crippen molar-refractivity contribution >= 4 is 23.1 Å². The third-order valence-corrected chi connectivity index (χ3v) is 4.15. The van der Waals surface area contributed by atoms with Crippen molar-refractivity contribution in [2.45, 2.75) is 10.6 Å². The van der Waals surface area contributed by atoms with Crippen molar-refractivity contribution in [2.75, 3.05) is 6.61 Å². The van der Waals surface area contributed by atoms with Crippen LogP contribution in [0.4, 0.5) is 0 Å². The van der Waals surface area contributed by atoms with Crippen LogP contribution in [-0.2, 0) is 12.8 Å². The molecular formula is C12H12N2OS2. The smallest absolute Gasteiger partial charge is 0.104 e. The summed E-state index contributed by atoms with van der Waals surface area (Å²) < 4.78 is 1.80. The summed E-state index contributed by atoms with van der Waals surface area (Å²) in [7, 11) is 1.91. The fourth-order valence-electron chi connectivity index (χ4n) is 1.29. The van der Waals surface area contributed by atoms with Crippen molar-refractivity contribution < 1.29 is 5.11 Å². The van der Waals surface area contributed by atoms with E-state index in [2.05, 4.69) is 23.0 Å². The maximum Gasteiger partial charge on any atom is 0.104 e. The highest BCUT2D eigenvalue weighted by molar-refractivity contribution is 7.98. The van der Waals surface area contributed by atoms with Gasteiger partial charge < -0.3 is 5.11 Å². The zero-order chi connectivity index (χ0) is 12.1. The molecule has 0 fully saturated rings. The fraction of sp³-hybridized carbons (Fsp3) is 0.250. The Morgan fingerprint density at radius 2 is 2.47 bits per heavy atom. The number of aliphatic hydroxyl groups excluding tert-OH is 1. The molecule has 2 heterocycles. The molecule has 0 radical (unpaired) electrons. The molecule has 0 atom stereocenters. The lowest BCUT2D eigenvalue weighted by atomic mass is 10.3. The Kier molecular flexibility index (Phi) is 4.26. The second-order valence-electron chi connectivity index (χ2n) is 3.40. The summed E-state index contributed by atoms with van der Waals surface area (Å²) in [4.78, 5) is 2.45. The Bertz CT molecular complexity index is 548. The summed E-state index contributed by atoms with van der Waals surface area (Å²) in [6.45, 7) is -0.0877. The molecule has 0 amide bonds. The Balaban J connectivity index is 1.93. The Morgan fingerprint density at radius 3 is 3.18 bits per heavy atom. The van der Waals surface area contributed by atoms with E-state index >= 15 is 0 Å². The number of rotatable bonds is 3. The average molecular weight is 264 g/mol. The summed E-state index contributed by atoms with van der Waals surface area (Å²) in [5, 5.41) is 14.7. The number of hydrogen-bond acceptors (Lipinski definition) is 4. The molecule has 0 saturated heterocycles. The monoisotopic (exact) mass is 264 g/mol. The molecule has 0 aliphatic carbocycles. The van der Waals surface area contributed by atoms with E-state index in [1.807, 2.05) is 24.8 Å². The number of thiophene rings is 1. The van der Waals surface area contributed by atoms with Gasteiger partial charge in [-0.2, -0.15) is 5.10 Å². The number of aryl methyl sites for hydroxylation is 1. The van der Waals surface area contributed by atoms with Crippen molar-refractivity contribution in [3.63, 3.8) is 0 Å². The summed E-state index contributed by atoms with van der Waals surface area (Å²) in [5.74, 6) is 6.48. The number of aromatic nitrogens is 2. The van der Waals surface area contributed by atoms with Gasteiger partial charge in [0.2, 0.25) is 0 Å². The molecule has 2 aromatic rings. The molecule has 0 spiro atoms. The third-order valence-electron chi connectivity index (χ3n) is 2.03. The molecule has 17 heavy (non-hydrogen) atoms. The summed E-state index contributed by atoms with van der Waals surface area (Å²) in [6.07, 6.45) is 3.87. The Hall–Kier alpha value is -1.22. The second kappa shape index (κ2) is 5.92. The molecule has 0 aliphatic heterocycles. The van der Waals surface area contributed by atoms with Crippen LogP contribution in [0.15, 0.2) is 28.7 Å². The first-order valence-corrected chi connectivity index (χ1v) is 6.93. The van der Waals surface area contributed by atoms with Gasteiger partial charge >= 0.3 is 0 Å². The largest absolute Gasteiger partial charge is 0.384 e. The van der Waals surface area contributed by atoms with Gasteiger partial charge in [-0.1, -0.05) is 11.8 Å². The van der Waals surface area contributed by atoms with Crippen LogP contribution in [0.25, 0.3) is 0 Å². The van der Waals surface area contributed by atoms with Crippen LogP contribution in [-0.4, -0.2) is 21.5 Å². The predicted octanol–water partition coefficient (Wildman–Crippen LogP) is 2.12. The highest BCUT2D eigenvalue weighted by Gasteiger charge is 2.01. The minimum absolute atomic E-state index is 0.0877. The molecule has 0 bridgehead atoms. The first-order valence-electron chi connectivity index (χ1n) is 5.06. The topological polar surface area (TPSA) is 38.0 Å². The van der Waals surface area contributed by atoms with Crippen LogP contribution in [0.2, 0.25) is 0 Å². The quantitative estimate of drug-likeness (QED) is 0.681. The van der Waals surface area contributed by atoms with E-state index in [-0.39, 0.29) is 6.61 Å². The lowest BCUT2D eigenvalue weighted by molar-refractivity contribution is 0.350. The lowest BCUT2D eigenvalue weighted by Crippen LogP contribution is -1.83. The Morgan fingerprint density at radius 1 is 1.59 bits per heavy atom. The van der Waals surface area contributed by atoms with Crippen molar-refractivity contribution in [1.82, 2.24) is 9.78 Å². The van der Waals surface area contributed by atoms with Gasteiger partial charge in [-0.05, 0) is 6.07 Å². The molecule has 0 saturated carbocycles. The lowest BCUT2D eigenvalue weighted by Gasteiger charge is -1.93. The van der Waals surface area contributed by atoms with Crippen LogP contribution in [0, 0.1) is 11.8 Å². The first kappa shape index (κ1) is 12.2. The maximum absolute atomic E-state index is 8.61. The minimum atomic E-state index is -0.0877.